The third-order valence-electron chi connectivity index (χ3n) is 5.18. The van der Waals surface area contributed by atoms with Crippen LogP contribution >= 0.6 is 0 Å². The largest absolute Gasteiger partial charge is 0.486 e. The smallest absolute Gasteiger partial charge is 0.167 e. The molecule has 22 heavy (non-hydrogen) atoms. The van der Waals surface area contributed by atoms with E-state index in [1.54, 1.807) is 6.92 Å². The van der Waals surface area contributed by atoms with E-state index in [1.165, 1.54) is 43.2 Å². The topological polar surface area (TPSA) is 29.5 Å². The van der Waals surface area contributed by atoms with Crippen LogP contribution in [0.1, 0.15) is 56.2 Å². The van der Waals surface area contributed by atoms with Crippen LogP contribution in [0, 0.1) is 5.92 Å². The number of hydrogen-bond donors (Lipinski definition) is 0. The van der Waals surface area contributed by atoms with Crippen molar-refractivity contribution in [3.8, 4) is 5.75 Å². The van der Waals surface area contributed by atoms with E-state index in [2.05, 4.69) is 24.1 Å². The zero-order valence-corrected chi connectivity index (χ0v) is 13.8. The van der Waals surface area contributed by atoms with E-state index in [9.17, 15) is 4.79 Å². The Hall–Kier alpha value is -1.35. The molecule has 0 amide bonds. The second-order valence-electron chi connectivity index (χ2n) is 6.92. The van der Waals surface area contributed by atoms with Gasteiger partial charge in [-0.1, -0.05) is 25.3 Å². The van der Waals surface area contributed by atoms with Crippen LogP contribution in [0.2, 0.25) is 0 Å². The number of benzene rings is 1. The molecular weight excluding hydrogens is 274 g/mol. The lowest BCUT2D eigenvalue weighted by Gasteiger charge is -2.41. The summed E-state index contributed by atoms with van der Waals surface area (Å²) in [5.41, 5.74) is 2.89. The summed E-state index contributed by atoms with van der Waals surface area (Å²) in [4.78, 5) is 13.7. The number of hydrogen-bond acceptors (Lipinski definition) is 3. The summed E-state index contributed by atoms with van der Waals surface area (Å²) in [6, 6.07) is 6.93. The number of Topliss-reactive ketones (excluding diaryl/α,β-unsaturated/α-hetero) is 1. The van der Waals surface area contributed by atoms with Gasteiger partial charge in [0, 0.05) is 12.6 Å². The summed E-state index contributed by atoms with van der Waals surface area (Å²) < 4.78 is 5.64. The first-order valence-electron chi connectivity index (χ1n) is 8.60. The molecule has 1 aromatic rings. The zero-order chi connectivity index (χ0) is 15.5. The molecule has 1 aromatic carbocycles. The van der Waals surface area contributed by atoms with Gasteiger partial charge in [0.25, 0.3) is 0 Å². The summed E-state index contributed by atoms with van der Waals surface area (Å²) in [7, 11) is 2.26. The minimum Gasteiger partial charge on any atom is -0.486 e. The van der Waals surface area contributed by atoms with Gasteiger partial charge in [-0.3, -0.25) is 9.69 Å². The number of likely N-dealkylation sites (N-methyl/N-ethyl adjacent to an activating group) is 1. The SMILES string of the molecule is CC(=O)COc1ccc2c(c1)C(C1CCCCC1)N(C)CC2. The molecule has 1 atom stereocenters. The highest BCUT2D eigenvalue weighted by molar-refractivity contribution is 5.77. The van der Waals surface area contributed by atoms with Crippen LogP contribution in [0.3, 0.4) is 0 Å². The molecule has 3 heteroatoms. The molecule has 1 unspecified atom stereocenters. The Kier molecular flexibility index (Phi) is 4.82. The summed E-state index contributed by atoms with van der Waals surface area (Å²) in [6.07, 6.45) is 7.92. The monoisotopic (exact) mass is 301 g/mol. The molecule has 3 nitrogen and oxygen atoms in total. The van der Waals surface area contributed by atoms with Gasteiger partial charge in [0.05, 0.1) is 0 Å². The van der Waals surface area contributed by atoms with Gasteiger partial charge in [0.2, 0.25) is 0 Å². The second-order valence-corrected chi connectivity index (χ2v) is 6.92. The molecular formula is C19H27NO2. The Morgan fingerprint density at radius 1 is 1.27 bits per heavy atom. The molecule has 1 fully saturated rings. The maximum absolute atomic E-state index is 11.1. The van der Waals surface area contributed by atoms with Crippen molar-refractivity contribution in [2.75, 3.05) is 20.2 Å². The average molecular weight is 301 g/mol. The Morgan fingerprint density at radius 2 is 2.05 bits per heavy atom. The third-order valence-corrected chi connectivity index (χ3v) is 5.18. The van der Waals surface area contributed by atoms with Crippen molar-refractivity contribution < 1.29 is 9.53 Å². The average Bonchev–Trinajstić information content (AvgIpc) is 2.53. The van der Waals surface area contributed by atoms with Gasteiger partial charge in [0.15, 0.2) is 5.78 Å². The molecule has 0 saturated heterocycles. The summed E-state index contributed by atoms with van der Waals surface area (Å²) in [5, 5.41) is 0. The van der Waals surface area contributed by atoms with E-state index in [1.807, 2.05) is 6.07 Å². The predicted molar refractivity (Wildman–Crippen MR) is 88.3 cm³/mol. The van der Waals surface area contributed by atoms with E-state index >= 15 is 0 Å². The lowest BCUT2D eigenvalue weighted by molar-refractivity contribution is -0.118. The maximum Gasteiger partial charge on any atom is 0.167 e. The molecule has 0 radical (unpaired) electrons. The van der Waals surface area contributed by atoms with Gasteiger partial charge >= 0.3 is 0 Å². The lowest BCUT2D eigenvalue weighted by atomic mass is 9.77. The standard InChI is InChI=1S/C19H27NO2/c1-14(21)13-22-17-9-8-15-10-11-20(2)19(18(15)12-17)16-6-4-3-5-7-16/h8-9,12,16,19H,3-7,10-11,13H2,1-2H3. The van der Waals surface area contributed by atoms with Crippen LogP contribution in [0.15, 0.2) is 18.2 Å². The van der Waals surface area contributed by atoms with E-state index in [-0.39, 0.29) is 12.4 Å². The predicted octanol–water partition coefficient (Wildman–Crippen LogP) is 3.76. The van der Waals surface area contributed by atoms with Crippen LogP contribution in [-0.2, 0) is 11.2 Å². The molecule has 3 rings (SSSR count). The normalized spacial score (nSPS) is 23.1. The van der Waals surface area contributed by atoms with E-state index in [4.69, 9.17) is 4.74 Å². The molecule has 120 valence electrons. The number of fused-ring (bicyclic) bond motifs is 1. The van der Waals surface area contributed by atoms with E-state index in [0.29, 0.717) is 6.04 Å². The molecule has 0 bridgehead atoms. The van der Waals surface area contributed by atoms with Crippen molar-refractivity contribution in [2.24, 2.45) is 5.92 Å². The molecule has 0 spiro atoms. The highest BCUT2D eigenvalue weighted by Gasteiger charge is 2.32. The maximum atomic E-state index is 11.1. The molecule has 1 heterocycles. The number of nitrogens with zero attached hydrogens (tertiary/aromatic N) is 1. The Morgan fingerprint density at radius 3 is 2.77 bits per heavy atom. The van der Waals surface area contributed by atoms with Crippen molar-refractivity contribution in [3.63, 3.8) is 0 Å². The first kappa shape index (κ1) is 15.5. The second kappa shape index (κ2) is 6.82. The number of ketones is 1. The van der Waals surface area contributed by atoms with Crippen molar-refractivity contribution in [1.29, 1.82) is 0 Å². The highest BCUT2D eigenvalue weighted by atomic mass is 16.5. The van der Waals surface area contributed by atoms with Gasteiger partial charge in [-0.2, -0.15) is 0 Å². The molecule has 1 saturated carbocycles. The Balaban J connectivity index is 1.85. The van der Waals surface area contributed by atoms with Crippen LogP contribution in [-0.4, -0.2) is 30.9 Å². The van der Waals surface area contributed by atoms with E-state index in [0.717, 1.165) is 24.6 Å². The van der Waals surface area contributed by atoms with Gasteiger partial charge < -0.3 is 4.74 Å². The molecule has 1 aliphatic carbocycles. The minimum atomic E-state index is 0.0682. The molecule has 0 aromatic heterocycles. The fourth-order valence-electron chi connectivity index (χ4n) is 4.09. The van der Waals surface area contributed by atoms with E-state index < -0.39 is 0 Å². The van der Waals surface area contributed by atoms with Gasteiger partial charge in [-0.25, -0.2) is 0 Å². The number of carbonyl (C=O) groups excluding carboxylic acids is 1. The van der Waals surface area contributed by atoms with Crippen molar-refractivity contribution >= 4 is 5.78 Å². The summed E-state index contributed by atoms with van der Waals surface area (Å²) in [6.45, 7) is 2.88. The van der Waals surface area contributed by atoms with Crippen LogP contribution in [0.4, 0.5) is 0 Å². The lowest BCUT2D eigenvalue weighted by Crippen LogP contribution is -2.37. The fourth-order valence-corrected chi connectivity index (χ4v) is 4.09. The van der Waals surface area contributed by atoms with Crippen molar-refractivity contribution in [1.82, 2.24) is 4.90 Å². The molecule has 0 N–H and O–H groups in total. The fraction of sp³-hybridized carbons (Fsp3) is 0.632. The highest BCUT2D eigenvalue weighted by Crippen LogP contribution is 2.42. The van der Waals surface area contributed by atoms with Crippen LogP contribution in [0.5, 0.6) is 5.75 Å². The molecule has 1 aliphatic heterocycles. The summed E-state index contributed by atoms with van der Waals surface area (Å²) >= 11 is 0. The van der Waals surface area contributed by atoms with Crippen molar-refractivity contribution in [2.45, 2.75) is 51.5 Å². The van der Waals surface area contributed by atoms with Crippen LogP contribution < -0.4 is 4.74 Å². The number of carbonyl (C=O) groups is 1. The van der Waals surface area contributed by atoms with Crippen molar-refractivity contribution in [3.05, 3.63) is 29.3 Å². The van der Waals surface area contributed by atoms with Gasteiger partial charge in [-0.05, 0) is 62.4 Å². The number of ether oxygens (including phenoxy) is 1. The van der Waals surface area contributed by atoms with Crippen LogP contribution in [0.25, 0.3) is 0 Å². The van der Waals surface area contributed by atoms with Gasteiger partial charge in [-0.15, -0.1) is 0 Å². The number of rotatable bonds is 4. The third kappa shape index (κ3) is 3.35. The molecule has 2 aliphatic rings. The Labute approximate surface area is 133 Å². The Bertz CT molecular complexity index is 534. The quantitative estimate of drug-likeness (QED) is 0.848. The van der Waals surface area contributed by atoms with Gasteiger partial charge in [0.1, 0.15) is 12.4 Å². The first-order chi connectivity index (χ1) is 10.6. The summed E-state index contributed by atoms with van der Waals surface area (Å²) in [5.74, 6) is 1.67. The first-order valence-corrected chi connectivity index (χ1v) is 8.60. The zero-order valence-electron chi connectivity index (χ0n) is 13.8. The minimum absolute atomic E-state index is 0.0682.